The molecule has 4 nitrogen and oxygen atoms in total. The van der Waals surface area contributed by atoms with Crippen LogP contribution in [0.25, 0.3) is 11.0 Å². The Morgan fingerprint density at radius 2 is 2.11 bits per heavy atom. The van der Waals surface area contributed by atoms with Crippen molar-refractivity contribution < 1.29 is 13.9 Å². The van der Waals surface area contributed by atoms with Gasteiger partial charge in [-0.1, -0.05) is 0 Å². The lowest BCUT2D eigenvalue weighted by molar-refractivity contribution is 0.0490. The number of benzene rings is 1. The van der Waals surface area contributed by atoms with Gasteiger partial charge in [0.05, 0.1) is 16.5 Å². The van der Waals surface area contributed by atoms with Crippen LogP contribution in [0.1, 0.15) is 23.0 Å². The quantitative estimate of drug-likeness (QED) is 0.800. The van der Waals surface area contributed by atoms with Crippen LogP contribution in [0.3, 0.4) is 0 Å². The predicted octanol–water partition coefficient (Wildman–Crippen LogP) is 3.04. The zero-order chi connectivity index (χ0) is 13.3. The van der Waals surface area contributed by atoms with Crippen LogP contribution in [-0.2, 0) is 4.74 Å². The van der Waals surface area contributed by atoms with E-state index in [-0.39, 0.29) is 17.8 Å². The topological polar surface area (TPSA) is 56.5 Å². The molecule has 0 saturated carbocycles. The Hall–Kier alpha value is -1.62. The molecule has 0 radical (unpaired) electrons. The van der Waals surface area contributed by atoms with Gasteiger partial charge in [0.15, 0.2) is 11.0 Å². The second-order valence-corrected chi connectivity index (χ2v) is 4.67. The molecule has 94 valence electrons. The average molecular weight is 311 g/mol. The molecule has 2 rings (SSSR count). The Balaban J connectivity index is 2.69. The maximum absolute atomic E-state index is 11.9. The van der Waals surface area contributed by atoms with Gasteiger partial charge >= 0.3 is 5.97 Å². The van der Waals surface area contributed by atoms with Crippen molar-refractivity contribution in [3.05, 3.63) is 44.2 Å². The minimum absolute atomic E-state index is 0.0843. The van der Waals surface area contributed by atoms with E-state index in [2.05, 4.69) is 15.9 Å². The maximum Gasteiger partial charge on any atom is 0.374 e. The lowest BCUT2D eigenvalue weighted by Crippen LogP contribution is -2.10. The van der Waals surface area contributed by atoms with Gasteiger partial charge in [-0.25, -0.2) is 4.79 Å². The van der Waals surface area contributed by atoms with E-state index < -0.39 is 5.97 Å². The summed E-state index contributed by atoms with van der Waals surface area (Å²) in [6.45, 7) is 3.80. The molecule has 0 saturated heterocycles. The fourth-order valence-electron chi connectivity index (χ4n) is 1.65. The monoisotopic (exact) mass is 310 g/mol. The van der Waals surface area contributed by atoms with Gasteiger partial charge in [0.1, 0.15) is 0 Å². The molecule has 0 aliphatic heterocycles. The molecule has 0 amide bonds. The third-order valence-electron chi connectivity index (χ3n) is 2.40. The zero-order valence-corrected chi connectivity index (χ0v) is 11.5. The fraction of sp³-hybridized carbons (Fsp3) is 0.231. The van der Waals surface area contributed by atoms with Crippen LogP contribution >= 0.6 is 15.9 Å². The van der Waals surface area contributed by atoms with Gasteiger partial charge in [-0.15, -0.1) is 0 Å². The van der Waals surface area contributed by atoms with Crippen LogP contribution in [0.4, 0.5) is 0 Å². The van der Waals surface area contributed by atoms with Crippen LogP contribution in [0.2, 0.25) is 0 Å². The Morgan fingerprint density at radius 3 is 2.78 bits per heavy atom. The Labute approximate surface area is 112 Å². The van der Waals surface area contributed by atoms with Crippen molar-refractivity contribution in [3.63, 3.8) is 0 Å². The molecule has 0 atom stereocenters. The van der Waals surface area contributed by atoms with Gasteiger partial charge in [0, 0.05) is 6.07 Å². The molecule has 5 heteroatoms. The zero-order valence-electron chi connectivity index (χ0n) is 9.95. The minimum atomic E-state index is -0.635. The van der Waals surface area contributed by atoms with Crippen LogP contribution in [0.5, 0.6) is 0 Å². The number of esters is 1. The SMILES string of the molecule is CCOC(=O)c1cc(=O)c2cc(C)cc(Br)c2o1. The summed E-state index contributed by atoms with van der Waals surface area (Å²) in [5, 5.41) is 0.440. The highest BCUT2D eigenvalue weighted by atomic mass is 79.9. The van der Waals surface area contributed by atoms with E-state index >= 15 is 0 Å². The summed E-state index contributed by atoms with van der Waals surface area (Å²) < 4.78 is 10.9. The van der Waals surface area contributed by atoms with E-state index in [1.54, 1.807) is 13.0 Å². The largest absolute Gasteiger partial charge is 0.460 e. The van der Waals surface area contributed by atoms with Crippen LogP contribution in [0.15, 0.2) is 31.9 Å². The molecular weight excluding hydrogens is 300 g/mol. The van der Waals surface area contributed by atoms with Crippen molar-refractivity contribution >= 4 is 32.9 Å². The molecular formula is C13H11BrO4. The third kappa shape index (κ3) is 2.31. The molecule has 0 spiro atoms. The first-order valence-electron chi connectivity index (χ1n) is 5.44. The Morgan fingerprint density at radius 1 is 1.39 bits per heavy atom. The van der Waals surface area contributed by atoms with Gasteiger partial charge in [0.25, 0.3) is 0 Å². The fourth-order valence-corrected chi connectivity index (χ4v) is 2.31. The molecule has 1 aromatic heterocycles. The van der Waals surface area contributed by atoms with E-state index in [4.69, 9.17) is 9.15 Å². The highest BCUT2D eigenvalue weighted by molar-refractivity contribution is 9.10. The first-order chi connectivity index (χ1) is 8.52. The predicted molar refractivity (Wildman–Crippen MR) is 70.9 cm³/mol. The molecule has 0 unspecified atom stereocenters. The lowest BCUT2D eigenvalue weighted by atomic mass is 10.1. The molecule has 1 heterocycles. The normalized spacial score (nSPS) is 10.6. The second-order valence-electron chi connectivity index (χ2n) is 3.82. The highest BCUT2D eigenvalue weighted by Gasteiger charge is 2.14. The van der Waals surface area contributed by atoms with Crippen molar-refractivity contribution in [3.8, 4) is 0 Å². The number of aryl methyl sites for hydroxylation is 1. The van der Waals surface area contributed by atoms with E-state index in [9.17, 15) is 9.59 Å². The van der Waals surface area contributed by atoms with E-state index in [1.807, 2.05) is 13.0 Å². The van der Waals surface area contributed by atoms with Crippen molar-refractivity contribution in [1.29, 1.82) is 0 Å². The third-order valence-corrected chi connectivity index (χ3v) is 2.99. The number of halogens is 1. The summed E-state index contributed by atoms with van der Waals surface area (Å²) in [6.07, 6.45) is 0. The molecule has 18 heavy (non-hydrogen) atoms. The van der Waals surface area contributed by atoms with E-state index in [0.29, 0.717) is 15.4 Å². The van der Waals surface area contributed by atoms with Gasteiger partial charge in [0.2, 0.25) is 5.76 Å². The standard InChI is InChI=1S/C13H11BrO4/c1-3-17-13(16)11-6-10(15)8-4-7(2)5-9(14)12(8)18-11/h4-6H,3H2,1-2H3. The number of carbonyl (C=O) groups excluding carboxylic acids is 1. The summed E-state index contributed by atoms with van der Waals surface area (Å²) in [5.41, 5.74) is 1.03. The summed E-state index contributed by atoms with van der Waals surface area (Å²) in [6, 6.07) is 4.70. The van der Waals surface area contributed by atoms with Crippen molar-refractivity contribution in [2.75, 3.05) is 6.61 Å². The summed E-state index contributed by atoms with van der Waals surface area (Å²) >= 11 is 3.32. The first-order valence-corrected chi connectivity index (χ1v) is 6.23. The van der Waals surface area contributed by atoms with Gasteiger partial charge < -0.3 is 9.15 Å². The highest BCUT2D eigenvalue weighted by Crippen LogP contribution is 2.24. The van der Waals surface area contributed by atoms with Gasteiger partial charge in [-0.2, -0.15) is 0 Å². The smallest absolute Gasteiger partial charge is 0.374 e. The van der Waals surface area contributed by atoms with E-state index in [1.165, 1.54) is 0 Å². The minimum Gasteiger partial charge on any atom is -0.460 e. The summed E-state index contributed by atoms with van der Waals surface area (Å²) in [7, 11) is 0. The van der Waals surface area contributed by atoms with Crippen molar-refractivity contribution in [1.82, 2.24) is 0 Å². The Bertz CT molecular complexity index is 672. The number of rotatable bonds is 2. The Kier molecular flexibility index (Phi) is 3.52. The second kappa shape index (κ2) is 4.94. The van der Waals surface area contributed by atoms with Crippen LogP contribution in [-0.4, -0.2) is 12.6 Å². The first kappa shape index (κ1) is 12.8. The lowest BCUT2D eigenvalue weighted by Gasteiger charge is -2.05. The molecule has 2 aromatic rings. The number of ether oxygens (including phenoxy) is 1. The van der Waals surface area contributed by atoms with Crippen LogP contribution < -0.4 is 5.43 Å². The number of fused-ring (bicyclic) bond motifs is 1. The molecule has 0 fully saturated rings. The molecule has 0 bridgehead atoms. The molecule has 1 aromatic carbocycles. The molecule has 0 aliphatic rings. The molecule has 0 aliphatic carbocycles. The maximum atomic E-state index is 11.9. The number of hydrogen-bond acceptors (Lipinski definition) is 4. The van der Waals surface area contributed by atoms with E-state index in [0.717, 1.165) is 11.6 Å². The molecule has 0 N–H and O–H groups in total. The number of carbonyl (C=O) groups is 1. The van der Waals surface area contributed by atoms with Gasteiger partial charge in [-0.05, 0) is 47.5 Å². The average Bonchev–Trinajstić information content (AvgIpc) is 2.30. The summed E-state index contributed by atoms with van der Waals surface area (Å²) in [4.78, 5) is 23.5. The number of hydrogen-bond donors (Lipinski definition) is 0. The van der Waals surface area contributed by atoms with Crippen molar-refractivity contribution in [2.24, 2.45) is 0 Å². The van der Waals surface area contributed by atoms with Crippen molar-refractivity contribution in [2.45, 2.75) is 13.8 Å². The van der Waals surface area contributed by atoms with Crippen LogP contribution in [0, 0.1) is 6.92 Å². The van der Waals surface area contributed by atoms with Gasteiger partial charge in [-0.3, -0.25) is 4.79 Å². The summed E-state index contributed by atoms with van der Waals surface area (Å²) in [5.74, 6) is -0.720.